The molecule has 0 aliphatic rings. The van der Waals surface area contributed by atoms with Gasteiger partial charge in [-0.1, -0.05) is 0 Å². The summed E-state index contributed by atoms with van der Waals surface area (Å²) in [5, 5.41) is 9.42. The van der Waals surface area contributed by atoms with E-state index in [1.807, 2.05) is 0 Å². The van der Waals surface area contributed by atoms with E-state index in [2.05, 4.69) is 15.4 Å². The third-order valence-electron chi connectivity index (χ3n) is 1.80. The molecule has 1 N–H and O–H groups in total. The van der Waals surface area contributed by atoms with Crippen molar-refractivity contribution in [2.45, 2.75) is 6.18 Å². The molecule has 2 aromatic rings. The van der Waals surface area contributed by atoms with Crippen molar-refractivity contribution >= 4 is 0 Å². The Balaban J connectivity index is 2.14. The quantitative estimate of drug-likeness (QED) is 0.861. The summed E-state index contributed by atoms with van der Waals surface area (Å²) in [6, 6.07) is 4.32. The van der Waals surface area contributed by atoms with Gasteiger partial charge in [-0.15, -0.1) is 5.10 Å². The second-order valence-electron chi connectivity index (χ2n) is 2.93. The smallest absolute Gasteiger partial charge is 0.416 e. The maximum Gasteiger partial charge on any atom is 0.416 e. The van der Waals surface area contributed by atoms with E-state index in [0.717, 1.165) is 12.1 Å². The van der Waals surface area contributed by atoms with Crippen LogP contribution >= 0.6 is 0 Å². The minimum atomic E-state index is -4.34. The van der Waals surface area contributed by atoms with Crippen molar-refractivity contribution in [2.24, 2.45) is 0 Å². The topological polar surface area (TPSA) is 50.8 Å². The van der Waals surface area contributed by atoms with E-state index in [9.17, 15) is 13.2 Å². The van der Waals surface area contributed by atoms with Gasteiger partial charge in [0, 0.05) is 0 Å². The first kappa shape index (κ1) is 10.5. The highest BCUT2D eigenvalue weighted by Gasteiger charge is 2.30. The number of benzene rings is 1. The third kappa shape index (κ3) is 2.30. The Kier molecular flexibility index (Phi) is 2.51. The number of alkyl halides is 3. The molecule has 84 valence electrons. The van der Waals surface area contributed by atoms with Crippen molar-refractivity contribution in [2.75, 3.05) is 0 Å². The Hall–Kier alpha value is -2.05. The zero-order chi connectivity index (χ0) is 11.6. The van der Waals surface area contributed by atoms with E-state index < -0.39 is 11.7 Å². The predicted octanol–water partition coefficient (Wildman–Crippen LogP) is 2.62. The van der Waals surface area contributed by atoms with Gasteiger partial charge >= 0.3 is 6.18 Å². The molecule has 16 heavy (non-hydrogen) atoms. The summed E-state index contributed by atoms with van der Waals surface area (Å²) in [7, 11) is 0. The molecular weight excluding hydrogens is 223 g/mol. The number of aromatic amines is 1. The van der Waals surface area contributed by atoms with Gasteiger partial charge in [0.05, 0.1) is 5.56 Å². The Bertz CT molecular complexity index is 450. The van der Waals surface area contributed by atoms with Gasteiger partial charge in [-0.3, -0.25) is 0 Å². The lowest BCUT2D eigenvalue weighted by molar-refractivity contribution is -0.137. The van der Waals surface area contributed by atoms with Crippen LogP contribution in [0.25, 0.3) is 0 Å². The average molecular weight is 229 g/mol. The first-order chi connectivity index (χ1) is 7.55. The van der Waals surface area contributed by atoms with E-state index in [-0.39, 0.29) is 11.6 Å². The van der Waals surface area contributed by atoms with Gasteiger partial charge in [-0.2, -0.15) is 23.5 Å². The van der Waals surface area contributed by atoms with Crippen LogP contribution in [0.4, 0.5) is 13.2 Å². The summed E-state index contributed by atoms with van der Waals surface area (Å²) in [5.41, 5.74) is -0.722. The van der Waals surface area contributed by atoms with Gasteiger partial charge in [0.2, 0.25) is 0 Å². The average Bonchev–Trinajstić information content (AvgIpc) is 2.70. The van der Waals surface area contributed by atoms with Gasteiger partial charge in [-0.05, 0) is 24.3 Å². The lowest BCUT2D eigenvalue weighted by Crippen LogP contribution is -2.03. The van der Waals surface area contributed by atoms with Crippen molar-refractivity contribution in [3.05, 3.63) is 36.0 Å². The fraction of sp³-hybridized carbons (Fsp3) is 0.111. The molecule has 0 atom stereocenters. The van der Waals surface area contributed by atoms with Crippen molar-refractivity contribution in [3.8, 4) is 11.6 Å². The number of hydrogen-bond donors (Lipinski definition) is 1. The van der Waals surface area contributed by atoms with Crippen LogP contribution in [0.1, 0.15) is 5.56 Å². The monoisotopic (exact) mass is 229 g/mol. The van der Waals surface area contributed by atoms with Crippen LogP contribution < -0.4 is 4.74 Å². The number of nitrogens with one attached hydrogen (secondary N) is 1. The van der Waals surface area contributed by atoms with Crippen molar-refractivity contribution < 1.29 is 17.9 Å². The number of halogens is 3. The molecule has 0 saturated heterocycles. The number of H-pyrrole nitrogens is 1. The first-order valence-electron chi connectivity index (χ1n) is 4.26. The van der Waals surface area contributed by atoms with Crippen LogP contribution in [0, 0.1) is 0 Å². The van der Waals surface area contributed by atoms with Gasteiger partial charge in [0.15, 0.2) is 0 Å². The van der Waals surface area contributed by atoms with Crippen LogP contribution in [0.3, 0.4) is 0 Å². The molecule has 7 heteroatoms. The summed E-state index contributed by atoms with van der Waals surface area (Å²) in [5.74, 6) is 0.460. The van der Waals surface area contributed by atoms with Gasteiger partial charge in [0.25, 0.3) is 5.88 Å². The van der Waals surface area contributed by atoms with Gasteiger partial charge in [0.1, 0.15) is 11.9 Å². The van der Waals surface area contributed by atoms with E-state index in [4.69, 9.17) is 4.74 Å². The highest BCUT2D eigenvalue weighted by molar-refractivity contribution is 5.30. The molecule has 1 aromatic heterocycles. The highest BCUT2D eigenvalue weighted by Crippen LogP contribution is 2.30. The third-order valence-corrected chi connectivity index (χ3v) is 1.80. The standard InChI is InChI=1S/C9H6F3N3O/c10-9(11,12)6-1-3-7(4-2-6)16-8-5-13-15-14-8/h1-5H,(H,13,14,15). The summed E-state index contributed by atoms with van der Waals surface area (Å²) in [6.07, 6.45) is -3.02. The molecule has 1 aromatic carbocycles. The molecule has 4 nitrogen and oxygen atoms in total. The van der Waals surface area contributed by atoms with Crippen LogP contribution in [-0.4, -0.2) is 15.4 Å². The fourth-order valence-corrected chi connectivity index (χ4v) is 1.07. The summed E-state index contributed by atoms with van der Waals surface area (Å²) in [6.45, 7) is 0. The zero-order valence-corrected chi connectivity index (χ0v) is 7.82. The maximum atomic E-state index is 12.2. The Labute approximate surface area is 88.0 Å². The normalized spacial score (nSPS) is 11.4. The number of aromatic nitrogens is 3. The molecule has 0 fully saturated rings. The van der Waals surface area contributed by atoms with Crippen LogP contribution in [0.15, 0.2) is 30.5 Å². The summed E-state index contributed by atoms with van der Waals surface area (Å²) < 4.78 is 41.8. The molecule has 0 bridgehead atoms. The van der Waals surface area contributed by atoms with Crippen molar-refractivity contribution in [1.82, 2.24) is 15.4 Å². The van der Waals surface area contributed by atoms with Crippen LogP contribution in [-0.2, 0) is 6.18 Å². The number of hydrogen-bond acceptors (Lipinski definition) is 3. The molecular formula is C9H6F3N3O. The molecule has 0 aliphatic carbocycles. The van der Waals surface area contributed by atoms with Gasteiger partial charge < -0.3 is 4.74 Å². The van der Waals surface area contributed by atoms with Gasteiger partial charge in [-0.25, -0.2) is 0 Å². The zero-order valence-electron chi connectivity index (χ0n) is 7.82. The minimum Gasteiger partial charge on any atom is -0.436 e. The number of rotatable bonds is 2. The number of ether oxygens (including phenoxy) is 1. The number of nitrogens with zero attached hydrogens (tertiary/aromatic N) is 2. The van der Waals surface area contributed by atoms with Crippen molar-refractivity contribution in [3.63, 3.8) is 0 Å². The van der Waals surface area contributed by atoms with E-state index >= 15 is 0 Å². The predicted molar refractivity (Wildman–Crippen MR) is 47.9 cm³/mol. The van der Waals surface area contributed by atoms with Crippen LogP contribution in [0.5, 0.6) is 11.6 Å². The molecule has 0 amide bonds. The van der Waals surface area contributed by atoms with Crippen LogP contribution in [0.2, 0.25) is 0 Å². The largest absolute Gasteiger partial charge is 0.436 e. The van der Waals surface area contributed by atoms with E-state index in [1.165, 1.54) is 18.3 Å². The molecule has 1 heterocycles. The molecule has 0 aliphatic heterocycles. The molecule has 0 saturated carbocycles. The Morgan fingerprint density at radius 3 is 2.31 bits per heavy atom. The molecule has 2 rings (SSSR count). The van der Waals surface area contributed by atoms with Crippen molar-refractivity contribution in [1.29, 1.82) is 0 Å². The molecule has 0 spiro atoms. The second-order valence-corrected chi connectivity index (χ2v) is 2.93. The summed E-state index contributed by atoms with van der Waals surface area (Å²) in [4.78, 5) is 0. The Morgan fingerprint density at radius 2 is 1.81 bits per heavy atom. The minimum absolute atomic E-state index is 0.194. The SMILES string of the molecule is FC(F)(F)c1ccc(Oc2cn[nH]n2)cc1. The highest BCUT2D eigenvalue weighted by atomic mass is 19.4. The Morgan fingerprint density at radius 1 is 1.12 bits per heavy atom. The summed E-state index contributed by atoms with van der Waals surface area (Å²) >= 11 is 0. The lowest BCUT2D eigenvalue weighted by Gasteiger charge is -2.07. The molecule has 0 radical (unpaired) electrons. The second kappa shape index (κ2) is 3.84. The van der Waals surface area contributed by atoms with E-state index in [0.29, 0.717) is 0 Å². The lowest BCUT2D eigenvalue weighted by atomic mass is 10.2. The molecule has 0 unspecified atom stereocenters. The van der Waals surface area contributed by atoms with E-state index in [1.54, 1.807) is 0 Å². The maximum absolute atomic E-state index is 12.2. The first-order valence-corrected chi connectivity index (χ1v) is 4.26. The fourth-order valence-electron chi connectivity index (χ4n) is 1.07.